The van der Waals surface area contributed by atoms with Gasteiger partial charge < -0.3 is 15.1 Å². The highest BCUT2D eigenvalue weighted by Crippen LogP contribution is 1.93. The van der Waals surface area contributed by atoms with E-state index in [-0.39, 0.29) is 13.1 Å². The van der Waals surface area contributed by atoms with Crippen molar-refractivity contribution >= 4 is 0 Å². The molecular formula is C7H15F2NO2. The van der Waals surface area contributed by atoms with Crippen LogP contribution in [0.25, 0.3) is 0 Å². The topological polar surface area (TPSA) is 43.7 Å². The molecule has 5 heteroatoms. The zero-order valence-corrected chi connectivity index (χ0v) is 7.08. The molecule has 0 aromatic rings. The molecule has 0 aliphatic carbocycles. The van der Waals surface area contributed by atoms with E-state index < -0.39 is 25.6 Å². The Kier molecular flexibility index (Phi) is 6.14. The van der Waals surface area contributed by atoms with Crippen molar-refractivity contribution in [2.75, 3.05) is 33.5 Å². The molecule has 3 nitrogen and oxygen atoms in total. The van der Waals surface area contributed by atoms with Crippen LogP contribution in [0.4, 0.5) is 8.78 Å². The molecule has 2 N–H and O–H groups in total. The van der Waals surface area contributed by atoms with Gasteiger partial charge in [-0.1, -0.05) is 0 Å². The molecular weight excluding hydrogens is 168 g/mol. The standard InChI is InChI=1S/C7H15F2NO2/c1-10(4-6(11)2-8)5-7(12)3-9/h6-7,11-12H,2-5H2,1H3. The van der Waals surface area contributed by atoms with Crippen LogP contribution >= 0.6 is 0 Å². The average Bonchev–Trinajstić information content (AvgIpc) is 2.03. The summed E-state index contributed by atoms with van der Waals surface area (Å²) in [5.74, 6) is 0. The molecule has 0 radical (unpaired) electrons. The Morgan fingerprint density at radius 2 is 1.42 bits per heavy atom. The molecule has 0 heterocycles. The molecule has 0 aliphatic rings. The average molecular weight is 183 g/mol. The van der Waals surface area contributed by atoms with Crippen LogP contribution in [0.1, 0.15) is 0 Å². The largest absolute Gasteiger partial charge is 0.389 e. The molecule has 2 unspecified atom stereocenters. The molecule has 2 atom stereocenters. The Morgan fingerprint density at radius 3 is 1.67 bits per heavy atom. The van der Waals surface area contributed by atoms with Crippen molar-refractivity contribution < 1.29 is 19.0 Å². The summed E-state index contributed by atoms with van der Waals surface area (Å²) >= 11 is 0. The molecule has 0 saturated heterocycles. The maximum absolute atomic E-state index is 11.8. The van der Waals surface area contributed by atoms with Gasteiger partial charge in [-0.05, 0) is 7.05 Å². The van der Waals surface area contributed by atoms with Crippen molar-refractivity contribution in [1.29, 1.82) is 0 Å². The molecule has 0 bridgehead atoms. The van der Waals surface area contributed by atoms with E-state index in [2.05, 4.69) is 0 Å². The van der Waals surface area contributed by atoms with Crippen LogP contribution in [-0.4, -0.2) is 60.8 Å². The lowest BCUT2D eigenvalue weighted by atomic mass is 10.3. The van der Waals surface area contributed by atoms with E-state index in [0.29, 0.717) is 0 Å². The first kappa shape index (κ1) is 11.7. The first-order valence-electron chi connectivity index (χ1n) is 3.76. The fraction of sp³-hybridized carbons (Fsp3) is 1.00. The van der Waals surface area contributed by atoms with Crippen molar-refractivity contribution in [3.63, 3.8) is 0 Å². The van der Waals surface area contributed by atoms with Gasteiger partial charge in [0, 0.05) is 13.1 Å². The predicted octanol–water partition coefficient (Wildman–Crippen LogP) is -0.421. The van der Waals surface area contributed by atoms with Crippen LogP contribution in [0.2, 0.25) is 0 Å². The molecule has 0 aliphatic heterocycles. The molecule has 0 saturated carbocycles. The number of aliphatic hydroxyl groups excluding tert-OH is 2. The Balaban J connectivity index is 3.51. The summed E-state index contributed by atoms with van der Waals surface area (Å²) in [6.45, 7) is -1.44. The molecule has 0 amide bonds. The lowest BCUT2D eigenvalue weighted by Gasteiger charge is -2.20. The Bertz CT molecular complexity index is 104. The molecule has 0 aromatic carbocycles. The Labute approximate surface area is 70.6 Å². The molecule has 0 aromatic heterocycles. The van der Waals surface area contributed by atoms with Crippen molar-refractivity contribution in [3.8, 4) is 0 Å². The number of rotatable bonds is 6. The van der Waals surface area contributed by atoms with Gasteiger partial charge in [0.1, 0.15) is 13.3 Å². The van der Waals surface area contributed by atoms with E-state index in [4.69, 9.17) is 10.2 Å². The number of aliphatic hydroxyl groups is 2. The van der Waals surface area contributed by atoms with Crippen molar-refractivity contribution in [1.82, 2.24) is 4.90 Å². The maximum atomic E-state index is 11.8. The van der Waals surface area contributed by atoms with Crippen LogP contribution in [0.15, 0.2) is 0 Å². The normalized spacial score (nSPS) is 16.5. The molecule has 0 rings (SSSR count). The smallest absolute Gasteiger partial charge is 0.117 e. The molecule has 0 fully saturated rings. The summed E-state index contributed by atoms with van der Waals surface area (Å²) in [4.78, 5) is 1.48. The van der Waals surface area contributed by atoms with Crippen LogP contribution < -0.4 is 0 Å². The van der Waals surface area contributed by atoms with Gasteiger partial charge in [0.05, 0.1) is 12.2 Å². The first-order valence-corrected chi connectivity index (χ1v) is 3.76. The summed E-state index contributed by atoms with van der Waals surface area (Å²) in [6, 6.07) is 0. The van der Waals surface area contributed by atoms with E-state index in [9.17, 15) is 8.78 Å². The van der Waals surface area contributed by atoms with Gasteiger partial charge in [0.15, 0.2) is 0 Å². The Hall–Kier alpha value is -0.260. The van der Waals surface area contributed by atoms with E-state index in [1.54, 1.807) is 7.05 Å². The highest BCUT2D eigenvalue weighted by atomic mass is 19.1. The minimum atomic E-state index is -1.05. The van der Waals surface area contributed by atoms with E-state index >= 15 is 0 Å². The predicted molar refractivity (Wildman–Crippen MR) is 41.5 cm³/mol. The SMILES string of the molecule is CN(CC(O)CF)CC(O)CF. The van der Waals surface area contributed by atoms with Gasteiger partial charge in [0.25, 0.3) is 0 Å². The highest BCUT2D eigenvalue weighted by molar-refractivity contribution is 4.64. The second-order valence-electron chi connectivity index (χ2n) is 2.84. The summed E-state index contributed by atoms with van der Waals surface area (Å²) in [5.41, 5.74) is 0. The summed E-state index contributed by atoms with van der Waals surface area (Å²) in [7, 11) is 1.58. The van der Waals surface area contributed by atoms with Gasteiger partial charge in [-0.25, -0.2) is 8.78 Å². The summed E-state index contributed by atoms with van der Waals surface area (Å²) in [5, 5.41) is 17.6. The third-order valence-corrected chi connectivity index (χ3v) is 1.40. The molecule has 12 heavy (non-hydrogen) atoms. The van der Waals surface area contributed by atoms with E-state index in [0.717, 1.165) is 0 Å². The van der Waals surface area contributed by atoms with Crippen LogP contribution in [0.5, 0.6) is 0 Å². The van der Waals surface area contributed by atoms with Gasteiger partial charge in [-0.15, -0.1) is 0 Å². The molecule has 74 valence electrons. The van der Waals surface area contributed by atoms with E-state index in [1.807, 2.05) is 0 Å². The van der Waals surface area contributed by atoms with E-state index in [1.165, 1.54) is 4.90 Å². The minimum Gasteiger partial charge on any atom is -0.389 e. The number of likely N-dealkylation sites (N-methyl/N-ethyl adjacent to an activating group) is 1. The quantitative estimate of drug-likeness (QED) is 0.587. The number of alkyl halides is 2. The van der Waals surface area contributed by atoms with Crippen molar-refractivity contribution in [2.24, 2.45) is 0 Å². The third-order valence-electron chi connectivity index (χ3n) is 1.40. The van der Waals surface area contributed by atoms with Crippen LogP contribution in [-0.2, 0) is 0 Å². The zero-order chi connectivity index (χ0) is 9.56. The van der Waals surface area contributed by atoms with Gasteiger partial charge >= 0.3 is 0 Å². The van der Waals surface area contributed by atoms with Gasteiger partial charge in [-0.2, -0.15) is 0 Å². The maximum Gasteiger partial charge on any atom is 0.117 e. The van der Waals surface area contributed by atoms with Gasteiger partial charge in [-0.3, -0.25) is 0 Å². The second kappa shape index (κ2) is 6.28. The van der Waals surface area contributed by atoms with Crippen LogP contribution in [0.3, 0.4) is 0 Å². The number of halogens is 2. The molecule has 0 spiro atoms. The first-order chi connectivity index (χ1) is 5.60. The highest BCUT2D eigenvalue weighted by Gasteiger charge is 2.11. The van der Waals surface area contributed by atoms with Crippen molar-refractivity contribution in [3.05, 3.63) is 0 Å². The lowest BCUT2D eigenvalue weighted by molar-refractivity contribution is 0.0611. The summed E-state index contributed by atoms with van der Waals surface area (Å²) < 4.78 is 23.5. The minimum absolute atomic E-state index is 0.105. The fourth-order valence-corrected chi connectivity index (χ4v) is 0.892. The lowest BCUT2D eigenvalue weighted by Crippen LogP contribution is -2.36. The zero-order valence-electron chi connectivity index (χ0n) is 7.08. The summed E-state index contributed by atoms with van der Waals surface area (Å²) in [6.07, 6.45) is -2.11. The Morgan fingerprint density at radius 1 is 1.08 bits per heavy atom. The number of hydrogen-bond acceptors (Lipinski definition) is 3. The third kappa shape index (κ3) is 5.40. The number of nitrogens with zero attached hydrogens (tertiary/aromatic N) is 1. The monoisotopic (exact) mass is 183 g/mol. The second-order valence-corrected chi connectivity index (χ2v) is 2.84. The van der Waals surface area contributed by atoms with Gasteiger partial charge in [0.2, 0.25) is 0 Å². The van der Waals surface area contributed by atoms with Crippen molar-refractivity contribution in [2.45, 2.75) is 12.2 Å². The number of hydrogen-bond donors (Lipinski definition) is 2. The fourth-order valence-electron chi connectivity index (χ4n) is 0.892. The van der Waals surface area contributed by atoms with Crippen LogP contribution in [0, 0.1) is 0 Å².